The van der Waals surface area contributed by atoms with E-state index in [1.807, 2.05) is 18.2 Å². The summed E-state index contributed by atoms with van der Waals surface area (Å²) in [6, 6.07) is 17.0. The van der Waals surface area contributed by atoms with Gasteiger partial charge in [0.15, 0.2) is 0 Å². The molecule has 0 saturated carbocycles. The van der Waals surface area contributed by atoms with Crippen LogP contribution in [0, 0.1) is 13.8 Å². The number of carbonyl (C=O) groups is 1. The first kappa shape index (κ1) is 16.6. The molecule has 0 unspecified atom stereocenters. The largest absolute Gasteiger partial charge is 0.508 e. The fraction of sp³-hybridized carbons (Fsp3) is 0.0952. The summed E-state index contributed by atoms with van der Waals surface area (Å²) in [5.41, 5.74) is 3.34. The third-order valence-corrected chi connectivity index (χ3v) is 4.03. The molecule has 0 spiro atoms. The average Bonchev–Trinajstić information content (AvgIpc) is 2.60. The zero-order valence-electron chi connectivity index (χ0n) is 14.0. The molecule has 0 aliphatic rings. The molecule has 0 radical (unpaired) electrons. The highest BCUT2D eigenvalue weighted by molar-refractivity contribution is 5.98. The number of phenols is 2. The average molecular weight is 334 g/mol. The van der Waals surface area contributed by atoms with E-state index in [-0.39, 0.29) is 11.5 Å². The van der Waals surface area contributed by atoms with Crippen LogP contribution in [0.4, 0.5) is 0 Å². The molecule has 0 aliphatic carbocycles. The van der Waals surface area contributed by atoms with Crippen LogP contribution in [0.3, 0.4) is 0 Å². The van der Waals surface area contributed by atoms with Gasteiger partial charge in [0.05, 0.1) is 5.56 Å². The van der Waals surface area contributed by atoms with Crippen LogP contribution in [0.2, 0.25) is 0 Å². The summed E-state index contributed by atoms with van der Waals surface area (Å²) in [7, 11) is 0. The molecule has 0 fully saturated rings. The third-order valence-electron chi connectivity index (χ3n) is 4.03. The van der Waals surface area contributed by atoms with Crippen molar-refractivity contribution in [2.24, 2.45) is 0 Å². The second-order valence-corrected chi connectivity index (χ2v) is 5.88. The lowest BCUT2D eigenvalue weighted by molar-refractivity contribution is 0.0735. The number of phenolic OH excluding ortho intramolecular Hbond substituents is 2. The minimum Gasteiger partial charge on any atom is -0.508 e. The summed E-state index contributed by atoms with van der Waals surface area (Å²) in [6.07, 6.45) is 0. The van der Waals surface area contributed by atoms with Gasteiger partial charge >= 0.3 is 5.97 Å². The monoisotopic (exact) mass is 334 g/mol. The Balaban J connectivity index is 1.95. The molecule has 0 saturated heterocycles. The summed E-state index contributed by atoms with van der Waals surface area (Å²) in [5.74, 6) is 0.256. The van der Waals surface area contributed by atoms with E-state index >= 15 is 0 Å². The Morgan fingerprint density at radius 2 is 1.48 bits per heavy atom. The highest BCUT2D eigenvalue weighted by Crippen LogP contribution is 2.29. The Bertz CT molecular complexity index is 944. The van der Waals surface area contributed by atoms with Crippen LogP contribution in [0.15, 0.2) is 60.7 Å². The van der Waals surface area contributed by atoms with Crippen molar-refractivity contribution in [2.45, 2.75) is 13.8 Å². The predicted molar refractivity (Wildman–Crippen MR) is 96.1 cm³/mol. The minimum atomic E-state index is -0.480. The molecule has 3 rings (SSSR count). The molecular weight excluding hydrogens is 316 g/mol. The van der Waals surface area contributed by atoms with E-state index in [1.165, 1.54) is 6.07 Å². The Hall–Kier alpha value is -3.27. The summed E-state index contributed by atoms with van der Waals surface area (Å²) in [5, 5.41) is 19.3. The van der Waals surface area contributed by atoms with Crippen molar-refractivity contribution in [3.8, 4) is 28.4 Å². The summed E-state index contributed by atoms with van der Waals surface area (Å²) in [4.78, 5) is 12.6. The molecule has 0 amide bonds. The molecule has 3 aromatic rings. The third kappa shape index (κ3) is 3.48. The van der Waals surface area contributed by atoms with Gasteiger partial charge in [-0.15, -0.1) is 0 Å². The van der Waals surface area contributed by atoms with Gasteiger partial charge in [-0.3, -0.25) is 0 Å². The normalized spacial score (nSPS) is 10.5. The second kappa shape index (κ2) is 6.69. The lowest BCUT2D eigenvalue weighted by atomic mass is 9.98. The van der Waals surface area contributed by atoms with Crippen molar-refractivity contribution in [3.05, 3.63) is 77.4 Å². The van der Waals surface area contributed by atoms with E-state index in [1.54, 1.807) is 50.2 Å². The second-order valence-electron chi connectivity index (χ2n) is 5.88. The van der Waals surface area contributed by atoms with Gasteiger partial charge in [-0.1, -0.05) is 24.3 Å². The SMILES string of the molecule is Cc1cc(OC(=O)c2ccccc2-c2ccc(O)c(C)c2)ccc1O. The molecule has 126 valence electrons. The van der Waals surface area contributed by atoms with Crippen molar-refractivity contribution in [1.82, 2.24) is 0 Å². The molecule has 0 aliphatic heterocycles. The van der Waals surface area contributed by atoms with Gasteiger partial charge in [-0.05, 0) is 72.5 Å². The van der Waals surface area contributed by atoms with E-state index in [9.17, 15) is 15.0 Å². The van der Waals surface area contributed by atoms with E-state index in [4.69, 9.17) is 4.74 Å². The van der Waals surface area contributed by atoms with Crippen molar-refractivity contribution >= 4 is 5.97 Å². The zero-order chi connectivity index (χ0) is 18.0. The highest BCUT2D eigenvalue weighted by Gasteiger charge is 2.15. The maximum atomic E-state index is 12.6. The minimum absolute atomic E-state index is 0.153. The van der Waals surface area contributed by atoms with Gasteiger partial charge < -0.3 is 14.9 Å². The van der Waals surface area contributed by atoms with E-state index in [0.717, 1.165) is 16.7 Å². The van der Waals surface area contributed by atoms with E-state index < -0.39 is 5.97 Å². The van der Waals surface area contributed by atoms with E-state index in [0.29, 0.717) is 16.9 Å². The summed E-state index contributed by atoms with van der Waals surface area (Å²) in [6.45, 7) is 3.54. The Morgan fingerprint density at radius 1 is 0.840 bits per heavy atom. The molecule has 0 bridgehead atoms. The summed E-state index contributed by atoms with van der Waals surface area (Å²) < 4.78 is 5.45. The Morgan fingerprint density at radius 3 is 2.16 bits per heavy atom. The first-order chi connectivity index (χ1) is 12.0. The fourth-order valence-electron chi connectivity index (χ4n) is 2.59. The molecule has 3 aromatic carbocycles. The lowest BCUT2D eigenvalue weighted by Crippen LogP contribution is -2.10. The van der Waals surface area contributed by atoms with Gasteiger partial charge in [-0.25, -0.2) is 4.79 Å². The molecule has 0 atom stereocenters. The quantitative estimate of drug-likeness (QED) is 0.542. The number of rotatable bonds is 3. The Labute approximate surface area is 146 Å². The van der Waals surface area contributed by atoms with Gasteiger partial charge in [-0.2, -0.15) is 0 Å². The molecule has 0 aromatic heterocycles. The van der Waals surface area contributed by atoms with Crippen LogP contribution in [0.5, 0.6) is 17.2 Å². The van der Waals surface area contributed by atoms with Crippen LogP contribution >= 0.6 is 0 Å². The van der Waals surface area contributed by atoms with Crippen LogP contribution in [0.1, 0.15) is 21.5 Å². The fourth-order valence-corrected chi connectivity index (χ4v) is 2.59. The summed E-state index contributed by atoms with van der Waals surface area (Å²) >= 11 is 0. The smallest absolute Gasteiger partial charge is 0.344 e. The topological polar surface area (TPSA) is 66.8 Å². The van der Waals surface area contributed by atoms with Crippen molar-refractivity contribution < 1.29 is 19.7 Å². The number of esters is 1. The van der Waals surface area contributed by atoms with Crippen LogP contribution in [-0.4, -0.2) is 16.2 Å². The number of benzene rings is 3. The highest BCUT2D eigenvalue weighted by atomic mass is 16.5. The number of hydrogen-bond acceptors (Lipinski definition) is 4. The van der Waals surface area contributed by atoms with Gasteiger partial charge in [0.25, 0.3) is 0 Å². The Kier molecular flexibility index (Phi) is 4.44. The van der Waals surface area contributed by atoms with Crippen molar-refractivity contribution in [3.63, 3.8) is 0 Å². The van der Waals surface area contributed by atoms with Gasteiger partial charge in [0.2, 0.25) is 0 Å². The van der Waals surface area contributed by atoms with Crippen LogP contribution < -0.4 is 4.74 Å². The first-order valence-corrected chi connectivity index (χ1v) is 7.86. The molecule has 25 heavy (non-hydrogen) atoms. The molecular formula is C21H18O4. The van der Waals surface area contributed by atoms with Crippen molar-refractivity contribution in [1.29, 1.82) is 0 Å². The number of hydrogen-bond donors (Lipinski definition) is 2. The van der Waals surface area contributed by atoms with Gasteiger partial charge in [0.1, 0.15) is 17.2 Å². The maximum Gasteiger partial charge on any atom is 0.344 e. The van der Waals surface area contributed by atoms with Crippen LogP contribution in [0.25, 0.3) is 11.1 Å². The number of aromatic hydroxyl groups is 2. The first-order valence-electron chi connectivity index (χ1n) is 7.86. The predicted octanol–water partition coefficient (Wildman–Crippen LogP) is 4.60. The molecule has 4 nitrogen and oxygen atoms in total. The molecule has 2 N–H and O–H groups in total. The number of carbonyl (C=O) groups excluding carboxylic acids is 1. The van der Waals surface area contributed by atoms with E-state index in [2.05, 4.69) is 0 Å². The number of aryl methyl sites for hydroxylation is 2. The van der Waals surface area contributed by atoms with Gasteiger partial charge in [0, 0.05) is 0 Å². The van der Waals surface area contributed by atoms with Crippen LogP contribution in [-0.2, 0) is 0 Å². The zero-order valence-corrected chi connectivity index (χ0v) is 14.0. The standard InChI is InChI=1S/C21H18O4/c1-13-11-15(7-9-19(13)22)17-5-3-4-6-18(17)21(24)25-16-8-10-20(23)14(2)12-16/h3-12,22-23H,1-2H3. The molecule has 0 heterocycles. The number of ether oxygens (including phenoxy) is 1. The maximum absolute atomic E-state index is 12.6. The lowest BCUT2D eigenvalue weighted by Gasteiger charge is -2.11. The molecule has 4 heteroatoms. The van der Waals surface area contributed by atoms with Crippen molar-refractivity contribution in [2.75, 3.05) is 0 Å².